The number of aromatic nitrogens is 3. The first-order valence-corrected chi connectivity index (χ1v) is 7.75. The van der Waals surface area contributed by atoms with Crippen molar-refractivity contribution in [2.45, 2.75) is 20.3 Å². The minimum Gasteiger partial charge on any atom is -0.338 e. The molecule has 0 aliphatic heterocycles. The van der Waals surface area contributed by atoms with Gasteiger partial charge in [-0.05, 0) is 35.3 Å². The lowest BCUT2D eigenvalue weighted by Gasteiger charge is -2.08. The molecule has 0 N–H and O–H groups in total. The van der Waals surface area contributed by atoms with E-state index in [1.54, 1.807) is 6.92 Å². The van der Waals surface area contributed by atoms with Crippen LogP contribution in [-0.4, -0.2) is 14.7 Å². The molecular weight excluding hydrogens is 342 g/mol. The van der Waals surface area contributed by atoms with E-state index in [-0.39, 0.29) is 5.43 Å². The third kappa shape index (κ3) is 1.92. The van der Waals surface area contributed by atoms with Gasteiger partial charge in [0.15, 0.2) is 5.82 Å². The largest absolute Gasteiger partial charge is 0.338 e. The Kier molecular flexibility index (Phi) is 3.25. The van der Waals surface area contributed by atoms with Gasteiger partial charge in [-0.2, -0.15) is 4.98 Å². The normalized spacial score (nSPS) is 11.4. The van der Waals surface area contributed by atoms with Crippen LogP contribution in [0, 0.1) is 6.92 Å². The highest BCUT2D eigenvalue weighted by Crippen LogP contribution is 2.31. The predicted octanol–water partition coefficient (Wildman–Crippen LogP) is 3.28. The van der Waals surface area contributed by atoms with Crippen molar-refractivity contribution in [1.29, 1.82) is 0 Å². The molecule has 0 unspecified atom stereocenters. The fourth-order valence-electron chi connectivity index (χ4n) is 2.12. The summed E-state index contributed by atoms with van der Waals surface area (Å²) in [6, 6.07) is 2.04. The molecule has 0 aromatic carbocycles. The maximum absolute atomic E-state index is 12.5. The first kappa shape index (κ1) is 13.5. The van der Waals surface area contributed by atoms with Crippen molar-refractivity contribution in [2.24, 2.45) is 7.05 Å². The number of thiophene rings is 1. The first-order chi connectivity index (χ1) is 9.52. The highest BCUT2D eigenvalue weighted by atomic mass is 79.9. The second-order valence-corrected chi connectivity index (χ2v) is 6.41. The highest BCUT2D eigenvalue weighted by Gasteiger charge is 2.20. The Labute approximate surface area is 127 Å². The summed E-state index contributed by atoms with van der Waals surface area (Å²) >= 11 is 4.91. The molecular formula is C13H12BrN3O2S. The van der Waals surface area contributed by atoms with E-state index in [2.05, 4.69) is 33.0 Å². The maximum atomic E-state index is 12.5. The van der Waals surface area contributed by atoms with E-state index in [9.17, 15) is 4.79 Å². The van der Waals surface area contributed by atoms with Crippen molar-refractivity contribution in [2.75, 3.05) is 0 Å². The molecule has 0 saturated carbocycles. The number of fused-ring (bicyclic) bond motifs is 1. The Morgan fingerprint density at radius 3 is 2.85 bits per heavy atom. The Morgan fingerprint density at radius 2 is 2.25 bits per heavy atom. The van der Waals surface area contributed by atoms with Gasteiger partial charge in [0.2, 0.25) is 5.43 Å². The van der Waals surface area contributed by atoms with Gasteiger partial charge in [-0.25, -0.2) is 0 Å². The molecule has 0 amide bonds. The van der Waals surface area contributed by atoms with Crippen molar-refractivity contribution in [3.05, 3.63) is 31.5 Å². The standard InChI is InChI=1S/C13H12BrN3O2S/c1-4-7-5-8-12(20-7)11(18)9(14)10(17(8)3)13-15-6(2)16-19-13/h5H,4H2,1-3H3. The Bertz CT molecular complexity index is 862. The molecule has 3 aromatic rings. The van der Waals surface area contributed by atoms with Crippen LogP contribution in [0.1, 0.15) is 17.6 Å². The number of halogens is 1. The van der Waals surface area contributed by atoms with Crippen molar-refractivity contribution in [3.63, 3.8) is 0 Å². The van der Waals surface area contributed by atoms with E-state index in [0.717, 1.165) is 16.6 Å². The van der Waals surface area contributed by atoms with Crippen molar-refractivity contribution in [3.8, 4) is 11.6 Å². The van der Waals surface area contributed by atoms with E-state index in [1.807, 2.05) is 17.7 Å². The molecule has 3 aromatic heterocycles. The number of pyridine rings is 1. The number of nitrogens with zero attached hydrogens (tertiary/aromatic N) is 3. The van der Waals surface area contributed by atoms with Crippen LogP contribution in [0.15, 0.2) is 19.9 Å². The van der Waals surface area contributed by atoms with E-state index >= 15 is 0 Å². The van der Waals surface area contributed by atoms with Crippen LogP contribution in [0.5, 0.6) is 0 Å². The minimum absolute atomic E-state index is 0.0337. The van der Waals surface area contributed by atoms with E-state index in [0.29, 0.717) is 21.9 Å². The molecule has 3 heterocycles. The molecule has 20 heavy (non-hydrogen) atoms. The molecule has 0 aliphatic rings. The topological polar surface area (TPSA) is 60.9 Å². The molecule has 5 nitrogen and oxygen atoms in total. The molecule has 0 saturated heterocycles. The van der Waals surface area contributed by atoms with Crippen molar-refractivity contribution >= 4 is 37.5 Å². The third-order valence-corrected chi connectivity index (χ3v) is 5.16. The summed E-state index contributed by atoms with van der Waals surface area (Å²) in [6.07, 6.45) is 0.908. The van der Waals surface area contributed by atoms with E-state index in [4.69, 9.17) is 4.52 Å². The molecule has 0 spiro atoms. The molecule has 0 bridgehead atoms. The zero-order valence-electron chi connectivity index (χ0n) is 11.2. The number of hydrogen-bond donors (Lipinski definition) is 0. The molecule has 0 atom stereocenters. The second-order valence-electron chi connectivity index (χ2n) is 4.48. The SMILES string of the molecule is CCc1cc2c(s1)c(=O)c(Br)c(-c1nc(C)no1)n2C. The lowest BCUT2D eigenvalue weighted by Crippen LogP contribution is -2.10. The van der Waals surface area contributed by atoms with E-state index in [1.165, 1.54) is 16.2 Å². The molecule has 0 fully saturated rings. The van der Waals surface area contributed by atoms with Crippen molar-refractivity contribution in [1.82, 2.24) is 14.7 Å². The molecule has 3 rings (SSSR count). The zero-order chi connectivity index (χ0) is 14.4. The molecule has 7 heteroatoms. The fourth-order valence-corrected chi connectivity index (χ4v) is 3.96. The summed E-state index contributed by atoms with van der Waals surface area (Å²) in [5, 5.41) is 3.79. The summed E-state index contributed by atoms with van der Waals surface area (Å²) in [5.74, 6) is 0.888. The molecule has 0 aliphatic carbocycles. The molecule has 0 radical (unpaired) electrons. The quantitative estimate of drug-likeness (QED) is 0.709. The van der Waals surface area contributed by atoms with Gasteiger partial charge >= 0.3 is 0 Å². The lowest BCUT2D eigenvalue weighted by molar-refractivity contribution is 0.423. The van der Waals surface area contributed by atoms with Gasteiger partial charge in [0.1, 0.15) is 5.69 Å². The van der Waals surface area contributed by atoms with Crippen LogP contribution in [-0.2, 0) is 13.5 Å². The monoisotopic (exact) mass is 353 g/mol. The Morgan fingerprint density at radius 1 is 1.50 bits per heavy atom. The summed E-state index contributed by atoms with van der Waals surface area (Å²) < 4.78 is 8.33. The first-order valence-electron chi connectivity index (χ1n) is 6.14. The van der Waals surface area contributed by atoms with Gasteiger partial charge < -0.3 is 9.09 Å². The van der Waals surface area contributed by atoms with Gasteiger partial charge in [0.25, 0.3) is 5.89 Å². The average Bonchev–Trinajstić information content (AvgIpc) is 3.03. The number of aryl methyl sites for hydroxylation is 3. The van der Waals surface area contributed by atoms with Crippen LogP contribution in [0.4, 0.5) is 0 Å². The van der Waals surface area contributed by atoms with Crippen LogP contribution in [0.3, 0.4) is 0 Å². The predicted molar refractivity (Wildman–Crippen MR) is 82.2 cm³/mol. The Hall–Kier alpha value is -1.47. The molecule has 104 valence electrons. The van der Waals surface area contributed by atoms with Crippen LogP contribution < -0.4 is 5.43 Å². The third-order valence-electron chi connectivity index (χ3n) is 3.15. The van der Waals surface area contributed by atoms with Gasteiger partial charge in [0, 0.05) is 11.9 Å². The summed E-state index contributed by atoms with van der Waals surface area (Å²) in [4.78, 5) is 17.9. The lowest BCUT2D eigenvalue weighted by atomic mass is 10.2. The average molecular weight is 354 g/mol. The van der Waals surface area contributed by atoms with Gasteiger partial charge in [-0.3, -0.25) is 4.79 Å². The van der Waals surface area contributed by atoms with Gasteiger partial charge in [-0.1, -0.05) is 12.1 Å². The second kappa shape index (κ2) is 4.82. The zero-order valence-corrected chi connectivity index (χ0v) is 13.6. The summed E-state index contributed by atoms with van der Waals surface area (Å²) in [5.41, 5.74) is 1.48. The van der Waals surface area contributed by atoms with Crippen LogP contribution in [0.25, 0.3) is 21.8 Å². The van der Waals surface area contributed by atoms with Crippen molar-refractivity contribution < 1.29 is 4.52 Å². The summed E-state index contributed by atoms with van der Waals surface area (Å²) in [7, 11) is 1.90. The van der Waals surface area contributed by atoms with E-state index < -0.39 is 0 Å². The van der Waals surface area contributed by atoms with Gasteiger partial charge in [-0.15, -0.1) is 11.3 Å². The number of hydrogen-bond acceptors (Lipinski definition) is 5. The number of rotatable bonds is 2. The van der Waals surface area contributed by atoms with Gasteiger partial charge in [0.05, 0.1) is 14.7 Å². The summed E-state index contributed by atoms with van der Waals surface area (Å²) in [6.45, 7) is 3.82. The maximum Gasteiger partial charge on any atom is 0.275 e. The van der Waals surface area contributed by atoms with Crippen LogP contribution >= 0.6 is 27.3 Å². The fraction of sp³-hybridized carbons (Fsp3) is 0.308. The highest BCUT2D eigenvalue weighted by molar-refractivity contribution is 9.10. The van der Waals surface area contributed by atoms with Crippen LogP contribution in [0.2, 0.25) is 0 Å². The smallest absolute Gasteiger partial charge is 0.275 e. The Balaban J connectivity index is 2.41. The minimum atomic E-state index is -0.0337.